The highest BCUT2D eigenvalue weighted by Crippen LogP contribution is 2.27. The molecule has 2 aromatic carbocycles. The number of anilines is 1. The van der Waals surface area contributed by atoms with Crippen LogP contribution in [0.3, 0.4) is 0 Å². The molecule has 2 N–H and O–H groups in total. The zero-order chi connectivity index (χ0) is 17.1. The lowest BCUT2D eigenvalue weighted by Gasteiger charge is -2.08. The van der Waals surface area contributed by atoms with Crippen LogP contribution in [0.1, 0.15) is 17.5 Å². The van der Waals surface area contributed by atoms with E-state index >= 15 is 0 Å². The fourth-order valence-corrected chi connectivity index (χ4v) is 4.39. The molecule has 0 radical (unpaired) electrons. The Morgan fingerprint density at radius 3 is 2.44 bits per heavy atom. The summed E-state index contributed by atoms with van der Waals surface area (Å²) in [6.45, 7) is 0.775. The maximum absolute atomic E-state index is 12.2. The van der Waals surface area contributed by atoms with Crippen molar-refractivity contribution in [2.75, 3.05) is 11.9 Å². The summed E-state index contributed by atoms with van der Waals surface area (Å²) in [7, 11) is 0. The lowest BCUT2D eigenvalue weighted by molar-refractivity contribution is -0.118. The summed E-state index contributed by atoms with van der Waals surface area (Å²) in [4.78, 5) is 17.0. The average molecular weight is 351 g/mol. The van der Waals surface area contributed by atoms with Gasteiger partial charge in [-0.2, -0.15) is 0 Å². The van der Waals surface area contributed by atoms with E-state index in [1.54, 1.807) is 11.8 Å². The van der Waals surface area contributed by atoms with Gasteiger partial charge in [0.1, 0.15) is 0 Å². The van der Waals surface area contributed by atoms with E-state index in [0.717, 1.165) is 36.7 Å². The predicted octanol–water partition coefficient (Wildman–Crippen LogP) is 3.24. The number of thioether (sulfide) groups is 1. The second kappa shape index (κ2) is 7.31. The molecule has 0 bridgehead atoms. The van der Waals surface area contributed by atoms with Crippen molar-refractivity contribution in [3.05, 3.63) is 65.7 Å². The fourth-order valence-electron chi connectivity index (χ4n) is 3.35. The third-order valence-corrected chi connectivity index (χ3v) is 5.78. The van der Waals surface area contributed by atoms with E-state index in [0.29, 0.717) is 0 Å². The second-order valence-electron chi connectivity index (χ2n) is 6.44. The van der Waals surface area contributed by atoms with E-state index in [4.69, 9.17) is 4.99 Å². The number of fused-ring (bicyclic) bond motifs is 1. The van der Waals surface area contributed by atoms with Gasteiger partial charge in [0, 0.05) is 12.2 Å². The molecule has 1 unspecified atom stereocenters. The largest absolute Gasteiger partial charge is 0.385 e. The van der Waals surface area contributed by atoms with Gasteiger partial charge in [0.2, 0.25) is 5.91 Å². The van der Waals surface area contributed by atoms with Crippen LogP contribution in [0, 0.1) is 0 Å². The van der Waals surface area contributed by atoms with Crippen LogP contribution in [0.25, 0.3) is 0 Å². The zero-order valence-corrected chi connectivity index (χ0v) is 14.8. The Kier molecular flexibility index (Phi) is 4.74. The molecule has 1 atom stereocenters. The van der Waals surface area contributed by atoms with Crippen LogP contribution in [0.15, 0.2) is 59.6 Å². The summed E-state index contributed by atoms with van der Waals surface area (Å²) in [5, 5.41) is 7.04. The van der Waals surface area contributed by atoms with Crippen molar-refractivity contribution in [1.29, 1.82) is 0 Å². The minimum atomic E-state index is -0.0567. The Morgan fingerprint density at radius 2 is 1.72 bits per heavy atom. The van der Waals surface area contributed by atoms with Crippen LogP contribution in [0.2, 0.25) is 0 Å². The van der Waals surface area contributed by atoms with E-state index in [1.807, 2.05) is 30.3 Å². The standard InChI is InChI=1S/C20H21N3OS/c24-19-18(10-11-21-16-8-2-1-3-9-16)25-20(23-19)22-17-12-14-6-4-5-7-15(14)13-17/h1-9,17-18,21H,10-13H2,(H,22,23,24). The molecular weight excluding hydrogens is 330 g/mol. The normalized spacial score (nSPS) is 21.4. The van der Waals surface area contributed by atoms with E-state index in [1.165, 1.54) is 11.1 Å². The first-order chi connectivity index (χ1) is 12.3. The average Bonchev–Trinajstić information content (AvgIpc) is 3.18. The molecule has 4 nitrogen and oxygen atoms in total. The molecule has 2 aliphatic rings. The molecule has 1 aliphatic carbocycles. The van der Waals surface area contributed by atoms with Crippen LogP contribution in [0.5, 0.6) is 0 Å². The topological polar surface area (TPSA) is 53.5 Å². The van der Waals surface area contributed by atoms with E-state index < -0.39 is 0 Å². The summed E-state index contributed by atoms with van der Waals surface area (Å²) in [5.74, 6) is 0.0779. The van der Waals surface area contributed by atoms with Crippen molar-refractivity contribution >= 4 is 28.5 Å². The quantitative estimate of drug-likeness (QED) is 0.869. The highest BCUT2D eigenvalue weighted by Gasteiger charge is 2.31. The van der Waals surface area contributed by atoms with Gasteiger partial charge in [-0.3, -0.25) is 9.79 Å². The second-order valence-corrected chi connectivity index (χ2v) is 7.63. The van der Waals surface area contributed by atoms with Crippen molar-refractivity contribution in [1.82, 2.24) is 5.32 Å². The molecule has 1 amide bonds. The number of carbonyl (C=O) groups is 1. The Balaban J connectivity index is 1.30. The van der Waals surface area contributed by atoms with Crippen LogP contribution in [-0.2, 0) is 17.6 Å². The molecule has 1 heterocycles. The van der Waals surface area contributed by atoms with Crippen molar-refractivity contribution in [2.24, 2.45) is 4.99 Å². The molecule has 2 aromatic rings. The first-order valence-corrected chi connectivity index (χ1v) is 9.57. The highest BCUT2D eigenvalue weighted by atomic mass is 32.2. The number of hydrogen-bond donors (Lipinski definition) is 2. The lowest BCUT2D eigenvalue weighted by Crippen LogP contribution is -2.26. The highest BCUT2D eigenvalue weighted by molar-refractivity contribution is 8.15. The third kappa shape index (κ3) is 3.87. The number of para-hydroxylation sites is 1. The minimum Gasteiger partial charge on any atom is -0.385 e. The van der Waals surface area contributed by atoms with Gasteiger partial charge in [-0.15, -0.1) is 0 Å². The number of nitrogens with zero attached hydrogens (tertiary/aromatic N) is 1. The summed E-state index contributed by atoms with van der Waals surface area (Å²) in [6.07, 6.45) is 2.72. The van der Waals surface area contributed by atoms with E-state index in [-0.39, 0.29) is 17.2 Å². The van der Waals surface area contributed by atoms with Crippen molar-refractivity contribution in [3.63, 3.8) is 0 Å². The molecule has 128 valence electrons. The summed E-state index contributed by atoms with van der Waals surface area (Å²) >= 11 is 1.57. The zero-order valence-electron chi connectivity index (χ0n) is 13.9. The molecule has 0 aromatic heterocycles. The number of amidine groups is 1. The van der Waals surface area contributed by atoms with Crippen molar-refractivity contribution in [2.45, 2.75) is 30.6 Å². The van der Waals surface area contributed by atoms with Gasteiger partial charge >= 0.3 is 0 Å². The number of rotatable bonds is 5. The van der Waals surface area contributed by atoms with Crippen LogP contribution in [0.4, 0.5) is 5.69 Å². The monoisotopic (exact) mass is 351 g/mol. The van der Waals surface area contributed by atoms with Crippen molar-refractivity contribution < 1.29 is 4.79 Å². The van der Waals surface area contributed by atoms with Gasteiger partial charge < -0.3 is 10.6 Å². The molecule has 5 heteroatoms. The van der Waals surface area contributed by atoms with Gasteiger partial charge in [0.15, 0.2) is 5.17 Å². The third-order valence-electron chi connectivity index (χ3n) is 4.62. The minimum absolute atomic E-state index is 0.0567. The molecule has 25 heavy (non-hydrogen) atoms. The number of aliphatic imine (C=N–C) groups is 1. The molecule has 1 fully saturated rings. The molecule has 4 rings (SSSR count). The van der Waals surface area contributed by atoms with Crippen LogP contribution in [-0.4, -0.2) is 28.9 Å². The van der Waals surface area contributed by atoms with Gasteiger partial charge in [-0.1, -0.05) is 54.2 Å². The number of amides is 1. The summed E-state index contributed by atoms with van der Waals surface area (Å²) in [6, 6.07) is 18.8. The maximum atomic E-state index is 12.2. The molecular formula is C20H21N3OS. The Hall–Kier alpha value is -2.27. The Labute approximate surface area is 152 Å². The maximum Gasteiger partial charge on any atom is 0.239 e. The van der Waals surface area contributed by atoms with E-state index in [9.17, 15) is 4.79 Å². The SMILES string of the molecule is O=C1NC(=NC2Cc3ccccc3C2)SC1CCNc1ccccc1. The van der Waals surface area contributed by atoms with Gasteiger partial charge in [-0.25, -0.2) is 0 Å². The summed E-state index contributed by atoms with van der Waals surface area (Å²) in [5.41, 5.74) is 3.85. The molecule has 0 spiro atoms. The Morgan fingerprint density at radius 1 is 1.04 bits per heavy atom. The first-order valence-electron chi connectivity index (χ1n) is 8.69. The smallest absolute Gasteiger partial charge is 0.239 e. The molecule has 0 saturated carbocycles. The Bertz CT molecular complexity index is 766. The van der Waals surface area contributed by atoms with Gasteiger partial charge in [0.05, 0.1) is 11.3 Å². The predicted molar refractivity (Wildman–Crippen MR) is 104 cm³/mol. The fraction of sp³-hybridized carbons (Fsp3) is 0.300. The van der Waals surface area contributed by atoms with Gasteiger partial charge in [-0.05, 0) is 42.5 Å². The molecule has 1 aliphatic heterocycles. The van der Waals surface area contributed by atoms with Crippen LogP contribution >= 0.6 is 11.8 Å². The van der Waals surface area contributed by atoms with Crippen molar-refractivity contribution in [3.8, 4) is 0 Å². The summed E-state index contributed by atoms with van der Waals surface area (Å²) < 4.78 is 0. The number of benzene rings is 2. The van der Waals surface area contributed by atoms with E-state index in [2.05, 4.69) is 34.9 Å². The number of nitrogens with one attached hydrogen (secondary N) is 2. The lowest BCUT2D eigenvalue weighted by atomic mass is 10.1. The first kappa shape index (κ1) is 16.2. The van der Waals surface area contributed by atoms with Crippen LogP contribution < -0.4 is 10.6 Å². The number of carbonyl (C=O) groups excluding carboxylic acids is 1. The molecule has 1 saturated heterocycles. The van der Waals surface area contributed by atoms with Gasteiger partial charge in [0.25, 0.3) is 0 Å². The number of hydrogen-bond acceptors (Lipinski definition) is 4.